The predicted molar refractivity (Wildman–Crippen MR) is 52.4 cm³/mol. The summed E-state index contributed by atoms with van der Waals surface area (Å²) >= 11 is 0. The van der Waals surface area contributed by atoms with Gasteiger partial charge in [-0.2, -0.15) is 0 Å². The van der Waals surface area contributed by atoms with Crippen LogP contribution in [0.15, 0.2) is 24.3 Å². The fourth-order valence-corrected chi connectivity index (χ4v) is 1.33. The third kappa shape index (κ3) is 2.00. The average molecular weight is 180 g/mol. The Hall–Kier alpha value is -1.05. The fourth-order valence-electron chi connectivity index (χ4n) is 1.33. The first kappa shape index (κ1) is 10.0. The van der Waals surface area contributed by atoms with E-state index in [9.17, 15) is 4.79 Å². The first-order valence-electron chi connectivity index (χ1n) is 4.58. The van der Waals surface area contributed by atoms with Crippen molar-refractivity contribution >= 4 is 5.97 Å². The number of hydrogen-bond acceptors (Lipinski definition) is 1. The zero-order chi connectivity index (χ0) is 10.1. The lowest BCUT2D eigenvalue weighted by Crippen LogP contribution is -2.25. The topological polar surface area (TPSA) is 37.3 Å². The first-order valence-corrected chi connectivity index (χ1v) is 4.58. The van der Waals surface area contributed by atoms with Gasteiger partial charge in [0.1, 0.15) is 5.41 Å². The van der Waals surface area contributed by atoms with Crippen LogP contribution >= 0.6 is 0 Å². The largest absolute Gasteiger partial charge is 0.480 e. The van der Waals surface area contributed by atoms with Gasteiger partial charge < -0.3 is 5.11 Å². The van der Waals surface area contributed by atoms with Crippen LogP contribution < -0.4 is 0 Å². The number of allylic oxidation sites excluding steroid dienone is 2. The Kier molecular flexibility index (Phi) is 2.60. The molecule has 72 valence electrons. The Balaban J connectivity index is 2.79. The molecule has 0 atom stereocenters. The number of carbonyl (C=O) groups is 1. The van der Waals surface area contributed by atoms with Gasteiger partial charge >= 0.3 is 5.97 Å². The minimum absolute atomic E-state index is 0.382. The van der Waals surface area contributed by atoms with Crippen LogP contribution in [0.5, 0.6) is 0 Å². The average Bonchev–Trinajstić information content (AvgIpc) is 2.04. The summed E-state index contributed by atoms with van der Waals surface area (Å²) in [4.78, 5) is 10.9. The van der Waals surface area contributed by atoms with Crippen LogP contribution in [0, 0.1) is 17.3 Å². The van der Waals surface area contributed by atoms with E-state index in [2.05, 4.69) is 13.8 Å². The highest BCUT2D eigenvalue weighted by Crippen LogP contribution is 2.29. The Bertz CT molecular complexity index is 247. The lowest BCUT2D eigenvalue weighted by molar-refractivity contribution is -0.142. The molecule has 13 heavy (non-hydrogen) atoms. The Morgan fingerprint density at radius 3 is 2.15 bits per heavy atom. The van der Waals surface area contributed by atoms with Gasteiger partial charge in [0.25, 0.3) is 0 Å². The zero-order valence-electron chi connectivity index (χ0n) is 8.32. The van der Waals surface area contributed by atoms with Crippen LogP contribution in [0.3, 0.4) is 0 Å². The fraction of sp³-hybridized carbons (Fsp3) is 0.545. The standard InChI is InChI=1S/C11H16O2/c1-8(2)9-4-6-11(3,7-5-9)10(12)13/h4-9H,1-3H3,(H,12,13). The Morgan fingerprint density at radius 2 is 1.85 bits per heavy atom. The van der Waals surface area contributed by atoms with Gasteiger partial charge in [0.05, 0.1) is 0 Å². The lowest BCUT2D eigenvalue weighted by atomic mass is 9.80. The Labute approximate surface area is 79.0 Å². The van der Waals surface area contributed by atoms with Crippen LogP contribution in [0.4, 0.5) is 0 Å². The van der Waals surface area contributed by atoms with E-state index in [0.717, 1.165) is 0 Å². The molecule has 0 radical (unpaired) electrons. The highest BCUT2D eigenvalue weighted by Gasteiger charge is 2.29. The van der Waals surface area contributed by atoms with Crippen molar-refractivity contribution in [3.05, 3.63) is 24.3 Å². The van der Waals surface area contributed by atoms with Crippen molar-refractivity contribution in [2.24, 2.45) is 17.3 Å². The van der Waals surface area contributed by atoms with Gasteiger partial charge in [0.2, 0.25) is 0 Å². The number of aliphatic carboxylic acids is 1. The molecule has 0 aromatic carbocycles. The summed E-state index contributed by atoms with van der Waals surface area (Å²) in [5.74, 6) is 0.125. The van der Waals surface area contributed by atoms with Gasteiger partial charge in [0.15, 0.2) is 0 Å². The van der Waals surface area contributed by atoms with Gasteiger partial charge in [-0.25, -0.2) is 0 Å². The summed E-state index contributed by atoms with van der Waals surface area (Å²) < 4.78 is 0. The van der Waals surface area contributed by atoms with E-state index in [4.69, 9.17) is 5.11 Å². The monoisotopic (exact) mass is 180 g/mol. The van der Waals surface area contributed by atoms with Crippen LogP contribution in [0.25, 0.3) is 0 Å². The van der Waals surface area contributed by atoms with E-state index < -0.39 is 11.4 Å². The van der Waals surface area contributed by atoms with E-state index in [1.165, 1.54) is 0 Å². The molecule has 0 amide bonds. The smallest absolute Gasteiger partial charge is 0.317 e. The van der Waals surface area contributed by atoms with E-state index in [-0.39, 0.29) is 0 Å². The van der Waals surface area contributed by atoms with Crippen molar-refractivity contribution in [3.63, 3.8) is 0 Å². The van der Waals surface area contributed by atoms with Crippen LogP contribution in [0.2, 0.25) is 0 Å². The molecule has 1 aliphatic carbocycles. The minimum atomic E-state index is -0.800. The van der Waals surface area contributed by atoms with Gasteiger partial charge in [-0.1, -0.05) is 38.2 Å². The molecule has 0 heterocycles. The molecule has 1 N–H and O–H groups in total. The van der Waals surface area contributed by atoms with Crippen molar-refractivity contribution in [1.29, 1.82) is 0 Å². The molecule has 0 saturated heterocycles. The van der Waals surface area contributed by atoms with E-state index in [0.29, 0.717) is 11.8 Å². The van der Waals surface area contributed by atoms with Crippen molar-refractivity contribution in [3.8, 4) is 0 Å². The van der Waals surface area contributed by atoms with Crippen molar-refractivity contribution < 1.29 is 9.90 Å². The van der Waals surface area contributed by atoms with E-state index in [1.54, 1.807) is 19.1 Å². The van der Waals surface area contributed by atoms with Crippen LogP contribution in [0.1, 0.15) is 20.8 Å². The summed E-state index contributed by atoms with van der Waals surface area (Å²) in [5, 5.41) is 8.92. The number of rotatable bonds is 2. The minimum Gasteiger partial charge on any atom is -0.480 e. The van der Waals surface area contributed by atoms with E-state index >= 15 is 0 Å². The van der Waals surface area contributed by atoms with Gasteiger partial charge in [-0.15, -0.1) is 0 Å². The first-order chi connectivity index (χ1) is 5.96. The normalized spacial score (nSPS) is 32.5. The molecule has 0 bridgehead atoms. The summed E-state index contributed by atoms with van der Waals surface area (Å²) in [6.45, 7) is 5.96. The number of carboxylic acid groups (broad SMARTS) is 1. The molecule has 0 aliphatic heterocycles. The molecule has 1 rings (SSSR count). The molecule has 2 heteroatoms. The van der Waals surface area contributed by atoms with E-state index in [1.807, 2.05) is 12.2 Å². The zero-order valence-corrected chi connectivity index (χ0v) is 8.32. The highest BCUT2D eigenvalue weighted by molar-refractivity contribution is 5.79. The maximum absolute atomic E-state index is 10.9. The lowest BCUT2D eigenvalue weighted by Gasteiger charge is -2.24. The highest BCUT2D eigenvalue weighted by atomic mass is 16.4. The maximum atomic E-state index is 10.9. The second-order valence-corrected chi connectivity index (χ2v) is 4.13. The maximum Gasteiger partial charge on any atom is 0.317 e. The molecule has 0 aromatic heterocycles. The third-order valence-electron chi connectivity index (χ3n) is 2.56. The Morgan fingerprint density at radius 1 is 1.38 bits per heavy atom. The second kappa shape index (κ2) is 3.36. The van der Waals surface area contributed by atoms with Crippen molar-refractivity contribution in [2.75, 3.05) is 0 Å². The quantitative estimate of drug-likeness (QED) is 0.663. The molecule has 2 nitrogen and oxygen atoms in total. The molecule has 0 aromatic rings. The third-order valence-corrected chi connectivity index (χ3v) is 2.56. The summed E-state index contributed by atoms with van der Waals surface area (Å²) in [6.07, 6.45) is 7.53. The molecule has 0 unspecified atom stereocenters. The molecule has 0 fully saturated rings. The summed E-state index contributed by atoms with van der Waals surface area (Å²) in [5.41, 5.74) is -0.800. The number of hydrogen-bond donors (Lipinski definition) is 1. The van der Waals surface area contributed by atoms with Gasteiger partial charge in [0, 0.05) is 0 Å². The summed E-state index contributed by atoms with van der Waals surface area (Å²) in [6, 6.07) is 0. The van der Waals surface area contributed by atoms with Gasteiger partial charge in [-0.3, -0.25) is 4.79 Å². The molecular formula is C11H16O2. The molecule has 0 saturated carbocycles. The molecular weight excluding hydrogens is 164 g/mol. The second-order valence-electron chi connectivity index (χ2n) is 4.13. The molecule has 0 spiro atoms. The predicted octanol–water partition coefficient (Wildman–Crippen LogP) is 2.48. The van der Waals surface area contributed by atoms with Crippen LogP contribution in [-0.2, 0) is 4.79 Å². The van der Waals surface area contributed by atoms with Gasteiger partial charge in [-0.05, 0) is 18.8 Å². The van der Waals surface area contributed by atoms with Crippen molar-refractivity contribution in [1.82, 2.24) is 0 Å². The number of carboxylic acids is 1. The van der Waals surface area contributed by atoms with Crippen molar-refractivity contribution in [2.45, 2.75) is 20.8 Å². The molecule has 1 aliphatic rings. The SMILES string of the molecule is CC(C)C1C=CC(C)(C(=O)O)C=C1. The van der Waals surface area contributed by atoms with Crippen LogP contribution in [-0.4, -0.2) is 11.1 Å². The summed E-state index contributed by atoms with van der Waals surface area (Å²) in [7, 11) is 0.